The smallest absolute Gasteiger partial charge is 0.0642 e. The van der Waals surface area contributed by atoms with E-state index in [4.69, 9.17) is 10.5 Å². The van der Waals surface area contributed by atoms with Gasteiger partial charge in [-0.2, -0.15) is 0 Å². The number of aliphatic hydroxyl groups is 1. The standard InChI is InChI=1S/C16H25N3O2/c17-14-9-13(12-18-3-1-16(20)2-4-18)10-15(11-14)19-5-7-21-8-6-19/h9-11,16,20H,1-8,12,17H2. The SMILES string of the molecule is Nc1cc(CN2CCC(O)CC2)cc(N2CCOCC2)c1. The van der Waals surface area contributed by atoms with Gasteiger partial charge in [-0.05, 0) is 36.6 Å². The summed E-state index contributed by atoms with van der Waals surface area (Å²) in [4.78, 5) is 4.73. The lowest BCUT2D eigenvalue weighted by molar-refractivity contribution is 0.0792. The van der Waals surface area contributed by atoms with Gasteiger partial charge in [-0.3, -0.25) is 4.90 Å². The highest BCUT2D eigenvalue weighted by molar-refractivity contribution is 5.58. The van der Waals surface area contributed by atoms with Crippen LogP contribution in [0.3, 0.4) is 0 Å². The van der Waals surface area contributed by atoms with Crippen molar-refractivity contribution in [2.24, 2.45) is 0 Å². The third kappa shape index (κ3) is 3.87. The highest BCUT2D eigenvalue weighted by atomic mass is 16.5. The first-order chi connectivity index (χ1) is 10.2. The van der Waals surface area contributed by atoms with E-state index in [1.54, 1.807) is 0 Å². The molecular weight excluding hydrogens is 266 g/mol. The third-order valence-electron chi connectivity index (χ3n) is 4.34. The summed E-state index contributed by atoms with van der Waals surface area (Å²) in [6, 6.07) is 6.36. The maximum absolute atomic E-state index is 9.59. The Balaban J connectivity index is 1.68. The molecule has 0 bridgehead atoms. The molecule has 2 aliphatic heterocycles. The Kier molecular flexibility index (Phi) is 4.63. The molecule has 116 valence electrons. The molecule has 1 aromatic rings. The van der Waals surface area contributed by atoms with E-state index in [9.17, 15) is 5.11 Å². The number of likely N-dealkylation sites (tertiary alicyclic amines) is 1. The second-order valence-corrected chi connectivity index (χ2v) is 6.04. The second-order valence-electron chi connectivity index (χ2n) is 6.04. The Morgan fingerprint density at radius 2 is 1.81 bits per heavy atom. The molecule has 2 saturated heterocycles. The monoisotopic (exact) mass is 291 g/mol. The molecule has 0 amide bonds. The van der Waals surface area contributed by atoms with Gasteiger partial charge >= 0.3 is 0 Å². The topological polar surface area (TPSA) is 62.0 Å². The molecule has 2 aliphatic rings. The lowest BCUT2D eigenvalue weighted by atomic mass is 10.1. The number of nitrogen functional groups attached to an aromatic ring is 1. The number of hydrogen-bond acceptors (Lipinski definition) is 5. The van der Waals surface area contributed by atoms with Crippen LogP contribution in [0.15, 0.2) is 18.2 Å². The average molecular weight is 291 g/mol. The fourth-order valence-electron chi connectivity index (χ4n) is 3.13. The summed E-state index contributed by atoms with van der Waals surface area (Å²) in [6.07, 6.45) is 1.63. The first-order valence-corrected chi connectivity index (χ1v) is 7.83. The Hall–Kier alpha value is -1.30. The fraction of sp³-hybridized carbons (Fsp3) is 0.625. The minimum Gasteiger partial charge on any atom is -0.399 e. The second kappa shape index (κ2) is 6.64. The first kappa shape index (κ1) is 14.6. The van der Waals surface area contributed by atoms with Crippen LogP contribution >= 0.6 is 0 Å². The number of aliphatic hydroxyl groups excluding tert-OH is 1. The summed E-state index contributed by atoms with van der Waals surface area (Å²) >= 11 is 0. The van der Waals surface area contributed by atoms with Crippen LogP contribution in [-0.4, -0.2) is 55.5 Å². The quantitative estimate of drug-likeness (QED) is 0.816. The van der Waals surface area contributed by atoms with E-state index >= 15 is 0 Å². The molecule has 2 fully saturated rings. The number of anilines is 2. The van der Waals surface area contributed by atoms with Crippen LogP contribution in [0.25, 0.3) is 0 Å². The Bertz CT molecular complexity index is 467. The first-order valence-electron chi connectivity index (χ1n) is 7.83. The van der Waals surface area contributed by atoms with Crippen LogP contribution in [0.5, 0.6) is 0 Å². The molecule has 21 heavy (non-hydrogen) atoms. The molecule has 5 nitrogen and oxygen atoms in total. The number of rotatable bonds is 3. The molecule has 0 atom stereocenters. The van der Waals surface area contributed by atoms with Gasteiger partial charge in [0.2, 0.25) is 0 Å². The van der Waals surface area contributed by atoms with Crippen molar-refractivity contribution >= 4 is 11.4 Å². The van der Waals surface area contributed by atoms with Crippen LogP contribution in [0.4, 0.5) is 11.4 Å². The number of benzene rings is 1. The summed E-state index contributed by atoms with van der Waals surface area (Å²) in [5.74, 6) is 0. The van der Waals surface area contributed by atoms with Crippen LogP contribution in [0, 0.1) is 0 Å². The molecular formula is C16H25N3O2. The van der Waals surface area contributed by atoms with Gasteiger partial charge in [-0.25, -0.2) is 0 Å². The van der Waals surface area contributed by atoms with Crippen LogP contribution in [0.2, 0.25) is 0 Å². The normalized spacial score (nSPS) is 21.7. The minimum absolute atomic E-state index is 0.119. The zero-order valence-electron chi connectivity index (χ0n) is 12.5. The summed E-state index contributed by atoms with van der Waals surface area (Å²) < 4.78 is 5.41. The molecule has 3 N–H and O–H groups in total. The third-order valence-corrected chi connectivity index (χ3v) is 4.34. The van der Waals surface area contributed by atoms with Crippen molar-refractivity contribution in [3.05, 3.63) is 23.8 Å². The van der Waals surface area contributed by atoms with Gasteiger partial charge in [-0.1, -0.05) is 0 Å². The van der Waals surface area contributed by atoms with Crippen molar-refractivity contribution in [1.82, 2.24) is 4.90 Å². The maximum Gasteiger partial charge on any atom is 0.0642 e. The van der Waals surface area contributed by atoms with Crippen molar-refractivity contribution in [3.8, 4) is 0 Å². The Morgan fingerprint density at radius 3 is 2.52 bits per heavy atom. The number of nitrogens with two attached hydrogens (primary N) is 1. The van der Waals surface area contributed by atoms with Crippen molar-refractivity contribution in [1.29, 1.82) is 0 Å². The van der Waals surface area contributed by atoms with Crippen LogP contribution in [-0.2, 0) is 11.3 Å². The van der Waals surface area contributed by atoms with E-state index in [0.29, 0.717) is 0 Å². The van der Waals surface area contributed by atoms with Crippen LogP contribution in [0.1, 0.15) is 18.4 Å². The van der Waals surface area contributed by atoms with Gasteiger partial charge in [-0.15, -0.1) is 0 Å². The molecule has 1 aromatic carbocycles. The van der Waals surface area contributed by atoms with Crippen molar-refractivity contribution in [2.75, 3.05) is 50.0 Å². The Labute approximate surface area is 126 Å². The summed E-state index contributed by atoms with van der Waals surface area (Å²) in [5, 5.41) is 9.59. The summed E-state index contributed by atoms with van der Waals surface area (Å²) in [7, 11) is 0. The average Bonchev–Trinajstić information content (AvgIpc) is 2.50. The van der Waals surface area contributed by atoms with E-state index in [1.165, 1.54) is 11.3 Å². The van der Waals surface area contributed by atoms with Crippen molar-refractivity contribution in [2.45, 2.75) is 25.5 Å². The Morgan fingerprint density at radius 1 is 1.10 bits per heavy atom. The van der Waals surface area contributed by atoms with Gasteiger partial charge in [0.1, 0.15) is 0 Å². The zero-order valence-corrected chi connectivity index (χ0v) is 12.5. The molecule has 0 spiro atoms. The highest BCUT2D eigenvalue weighted by Gasteiger charge is 2.18. The number of hydrogen-bond donors (Lipinski definition) is 2. The molecule has 0 unspecified atom stereocenters. The summed E-state index contributed by atoms with van der Waals surface area (Å²) in [5.41, 5.74) is 9.36. The van der Waals surface area contributed by atoms with Crippen molar-refractivity contribution < 1.29 is 9.84 Å². The number of ether oxygens (including phenoxy) is 1. The van der Waals surface area contributed by atoms with Crippen LogP contribution < -0.4 is 10.6 Å². The van der Waals surface area contributed by atoms with Gasteiger partial charge in [0.15, 0.2) is 0 Å². The molecule has 0 aromatic heterocycles. The molecule has 0 radical (unpaired) electrons. The number of morpholine rings is 1. The number of nitrogens with zero attached hydrogens (tertiary/aromatic N) is 2. The lowest BCUT2D eigenvalue weighted by Crippen LogP contribution is -2.37. The molecule has 3 rings (SSSR count). The van der Waals surface area contributed by atoms with Gasteiger partial charge in [0, 0.05) is 44.1 Å². The van der Waals surface area contributed by atoms with E-state index in [0.717, 1.165) is 64.5 Å². The van der Waals surface area contributed by atoms with E-state index in [1.807, 2.05) is 0 Å². The maximum atomic E-state index is 9.59. The largest absolute Gasteiger partial charge is 0.399 e. The molecule has 0 saturated carbocycles. The van der Waals surface area contributed by atoms with Crippen molar-refractivity contribution in [3.63, 3.8) is 0 Å². The molecule has 2 heterocycles. The molecule has 0 aliphatic carbocycles. The van der Waals surface area contributed by atoms with E-state index in [2.05, 4.69) is 28.0 Å². The van der Waals surface area contributed by atoms with Gasteiger partial charge in [0.05, 0.1) is 19.3 Å². The summed E-state index contributed by atoms with van der Waals surface area (Å²) in [6.45, 7) is 6.26. The van der Waals surface area contributed by atoms with E-state index in [-0.39, 0.29) is 6.10 Å². The van der Waals surface area contributed by atoms with Gasteiger partial charge in [0.25, 0.3) is 0 Å². The van der Waals surface area contributed by atoms with E-state index < -0.39 is 0 Å². The fourth-order valence-corrected chi connectivity index (χ4v) is 3.13. The predicted octanol–water partition coefficient (Wildman–Crippen LogP) is 1.06. The zero-order chi connectivity index (χ0) is 14.7. The van der Waals surface area contributed by atoms with Gasteiger partial charge < -0.3 is 20.5 Å². The minimum atomic E-state index is -0.119. The lowest BCUT2D eigenvalue weighted by Gasteiger charge is -2.31. The highest BCUT2D eigenvalue weighted by Crippen LogP contribution is 2.23. The molecule has 5 heteroatoms. The predicted molar refractivity (Wildman–Crippen MR) is 84.4 cm³/mol. The number of piperidine rings is 1.